The van der Waals surface area contributed by atoms with Gasteiger partial charge in [-0.25, -0.2) is 0 Å². The Hall–Kier alpha value is -1.64. The minimum atomic E-state index is -0.0999. The van der Waals surface area contributed by atoms with E-state index in [0.717, 1.165) is 11.3 Å². The van der Waals surface area contributed by atoms with Crippen LogP contribution in [-0.4, -0.2) is 11.7 Å². The zero-order valence-corrected chi connectivity index (χ0v) is 9.32. The molecule has 3 heteroatoms. The van der Waals surface area contributed by atoms with Crippen molar-refractivity contribution < 1.29 is 9.59 Å². The Morgan fingerprint density at radius 3 is 2.38 bits per heavy atom. The molecule has 1 N–H and O–H groups in total. The predicted molar refractivity (Wildman–Crippen MR) is 62.4 cm³/mol. The Balaban J connectivity index is 2.00. The van der Waals surface area contributed by atoms with Gasteiger partial charge in [-0.1, -0.05) is 0 Å². The molecular weight excluding hydrogens is 202 g/mol. The summed E-state index contributed by atoms with van der Waals surface area (Å²) in [6.45, 7) is 1.46. The smallest absolute Gasteiger partial charge is 0.221 e. The van der Waals surface area contributed by atoms with Gasteiger partial charge in [-0.3, -0.25) is 9.59 Å². The van der Waals surface area contributed by atoms with Crippen LogP contribution in [0.4, 0.5) is 5.69 Å². The minimum absolute atomic E-state index is 0.0999. The van der Waals surface area contributed by atoms with Gasteiger partial charge in [-0.2, -0.15) is 0 Å². The summed E-state index contributed by atoms with van der Waals surface area (Å²) in [6.07, 6.45) is 3.05. The van der Waals surface area contributed by atoms with Crippen LogP contribution in [-0.2, 0) is 4.79 Å². The molecule has 0 aliphatic heterocycles. The lowest BCUT2D eigenvalue weighted by atomic mass is 10.1. The van der Waals surface area contributed by atoms with Crippen LogP contribution in [0.25, 0.3) is 0 Å². The number of ketones is 1. The molecule has 1 aromatic rings. The topological polar surface area (TPSA) is 46.2 Å². The molecule has 1 amide bonds. The maximum atomic E-state index is 11.7. The Morgan fingerprint density at radius 2 is 1.88 bits per heavy atom. The van der Waals surface area contributed by atoms with Crippen LogP contribution in [0.2, 0.25) is 0 Å². The van der Waals surface area contributed by atoms with E-state index in [-0.39, 0.29) is 11.7 Å². The average Bonchev–Trinajstić information content (AvgIpc) is 3.01. The lowest BCUT2D eigenvalue weighted by Gasteiger charge is -2.03. The highest BCUT2D eigenvalue weighted by atomic mass is 16.1. The summed E-state index contributed by atoms with van der Waals surface area (Å²) in [5.41, 5.74) is 1.47. The molecule has 0 radical (unpaired) electrons. The molecule has 0 unspecified atom stereocenters. The van der Waals surface area contributed by atoms with Crippen molar-refractivity contribution in [1.29, 1.82) is 0 Å². The van der Waals surface area contributed by atoms with Crippen molar-refractivity contribution in [3.05, 3.63) is 29.8 Å². The number of carbonyl (C=O) groups is 2. The monoisotopic (exact) mass is 217 g/mol. The van der Waals surface area contributed by atoms with Crippen molar-refractivity contribution >= 4 is 17.4 Å². The van der Waals surface area contributed by atoms with Crippen LogP contribution >= 0.6 is 0 Å². The van der Waals surface area contributed by atoms with Gasteiger partial charge in [0, 0.05) is 24.6 Å². The summed E-state index contributed by atoms with van der Waals surface area (Å²) in [5, 5.41) is 2.67. The summed E-state index contributed by atoms with van der Waals surface area (Å²) < 4.78 is 0. The molecule has 2 rings (SSSR count). The molecule has 0 saturated heterocycles. The van der Waals surface area contributed by atoms with Crippen LogP contribution in [0.1, 0.15) is 36.5 Å². The highest BCUT2D eigenvalue weighted by Gasteiger charge is 2.24. The standard InChI is InChI=1S/C13H15NO2/c1-9(15)14-12-6-4-11(5-7-12)13(16)8-10-2-3-10/h4-7,10H,2-3,8H2,1H3,(H,14,15). The van der Waals surface area contributed by atoms with Crippen LogP contribution in [0.5, 0.6) is 0 Å². The molecule has 16 heavy (non-hydrogen) atoms. The maximum absolute atomic E-state index is 11.7. The van der Waals surface area contributed by atoms with E-state index < -0.39 is 0 Å². The lowest BCUT2D eigenvalue weighted by Crippen LogP contribution is -2.06. The molecule has 0 bridgehead atoms. The van der Waals surface area contributed by atoms with Gasteiger partial charge in [0.15, 0.2) is 5.78 Å². The zero-order chi connectivity index (χ0) is 11.5. The number of hydrogen-bond donors (Lipinski definition) is 1. The minimum Gasteiger partial charge on any atom is -0.326 e. The molecule has 1 saturated carbocycles. The average molecular weight is 217 g/mol. The van der Waals surface area contributed by atoms with Gasteiger partial charge < -0.3 is 5.32 Å². The van der Waals surface area contributed by atoms with Gasteiger partial charge in [-0.05, 0) is 43.0 Å². The maximum Gasteiger partial charge on any atom is 0.221 e. The van der Waals surface area contributed by atoms with Gasteiger partial charge >= 0.3 is 0 Å². The van der Waals surface area contributed by atoms with E-state index >= 15 is 0 Å². The highest BCUT2D eigenvalue weighted by Crippen LogP contribution is 2.33. The number of Topliss-reactive ketones (excluding diaryl/α,β-unsaturated/α-hetero) is 1. The van der Waals surface area contributed by atoms with E-state index in [0.29, 0.717) is 12.3 Å². The highest BCUT2D eigenvalue weighted by molar-refractivity contribution is 5.97. The lowest BCUT2D eigenvalue weighted by molar-refractivity contribution is -0.114. The largest absolute Gasteiger partial charge is 0.326 e. The fraction of sp³-hybridized carbons (Fsp3) is 0.385. The quantitative estimate of drug-likeness (QED) is 0.788. The first kappa shape index (κ1) is 10.9. The molecule has 1 aliphatic carbocycles. The molecular formula is C13H15NO2. The van der Waals surface area contributed by atoms with E-state index in [4.69, 9.17) is 0 Å². The van der Waals surface area contributed by atoms with Gasteiger partial charge in [-0.15, -0.1) is 0 Å². The van der Waals surface area contributed by atoms with E-state index in [1.807, 2.05) is 0 Å². The number of rotatable bonds is 4. The van der Waals surface area contributed by atoms with Crippen molar-refractivity contribution in [3.8, 4) is 0 Å². The molecule has 0 heterocycles. The van der Waals surface area contributed by atoms with Crippen molar-refractivity contribution in [2.45, 2.75) is 26.2 Å². The number of hydrogen-bond acceptors (Lipinski definition) is 2. The van der Waals surface area contributed by atoms with E-state index in [2.05, 4.69) is 5.32 Å². The second-order valence-corrected chi connectivity index (χ2v) is 4.33. The van der Waals surface area contributed by atoms with Crippen molar-refractivity contribution in [2.24, 2.45) is 5.92 Å². The third-order valence-electron chi connectivity index (χ3n) is 2.70. The van der Waals surface area contributed by atoms with Crippen LogP contribution in [0.15, 0.2) is 24.3 Å². The Bertz CT molecular complexity index is 404. The van der Waals surface area contributed by atoms with E-state index in [1.165, 1.54) is 19.8 Å². The fourth-order valence-corrected chi connectivity index (χ4v) is 1.64. The number of benzene rings is 1. The fourth-order valence-electron chi connectivity index (χ4n) is 1.64. The second kappa shape index (κ2) is 4.47. The molecule has 1 aliphatic rings. The van der Waals surface area contributed by atoms with Crippen molar-refractivity contribution in [3.63, 3.8) is 0 Å². The summed E-state index contributed by atoms with van der Waals surface area (Å²) in [7, 11) is 0. The molecule has 3 nitrogen and oxygen atoms in total. The van der Waals surface area contributed by atoms with Gasteiger partial charge in [0.1, 0.15) is 0 Å². The van der Waals surface area contributed by atoms with Crippen molar-refractivity contribution in [1.82, 2.24) is 0 Å². The Labute approximate surface area is 94.9 Å². The third-order valence-corrected chi connectivity index (χ3v) is 2.70. The number of nitrogens with one attached hydrogen (secondary N) is 1. The number of amides is 1. The van der Waals surface area contributed by atoms with Crippen molar-refractivity contribution in [2.75, 3.05) is 5.32 Å². The van der Waals surface area contributed by atoms with E-state index in [1.54, 1.807) is 24.3 Å². The number of carbonyl (C=O) groups excluding carboxylic acids is 2. The van der Waals surface area contributed by atoms with Crippen LogP contribution < -0.4 is 5.32 Å². The van der Waals surface area contributed by atoms with Gasteiger partial charge in [0.2, 0.25) is 5.91 Å². The second-order valence-electron chi connectivity index (χ2n) is 4.33. The molecule has 84 valence electrons. The molecule has 1 fully saturated rings. The molecule has 0 atom stereocenters. The van der Waals surface area contributed by atoms with Crippen LogP contribution in [0, 0.1) is 5.92 Å². The molecule has 1 aromatic carbocycles. The van der Waals surface area contributed by atoms with E-state index in [9.17, 15) is 9.59 Å². The number of anilines is 1. The first-order valence-electron chi connectivity index (χ1n) is 5.56. The first-order chi connectivity index (χ1) is 7.65. The molecule has 0 spiro atoms. The Morgan fingerprint density at radius 1 is 1.25 bits per heavy atom. The third kappa shape index (κ3) is 2.92. The SMILES string of the molecule is CC(=O)Nc1ccc(C(=O)CC2CC2)cc1. The summed E-state index contributed by atoms with van der Waals surface area (Å²) in [6, 6.07) is 7.08. The van der Waals surface area contributed by atoms with Gasteiger partial charge in [0.25, 0.3) is 0 Å². The first-order valence-corrected chi connectivity index (χ1v) is 5.56. The molecule has 0 aromatic heterocycles. The summed E-state index contributed by atoms with van der Waals surface area (Å²) in [4.78, 5) is 22.5. The predicted octanol–water partition coefficient (Wildman–Crippen LogP) is 2.63. The summed E-state index contributed by atoms with van der Waals surface area (Å²) in [5.74, 6) is 0.719. The van der Waals surface area contributed by atoms with Gasteiger partial charge in [0.05, 0.1) is 0 Å². The normalized spacial score (nSPS) is 14.6. The summed E-state index contributed by atoms with van der Waals surface area (Å²) >= 11 is 0. The van der Waals surface area contributed by atoms with Crippen LogP contribution in [0.3, 0.4) is 0 Å². The zero-order valence-electron chi connectivity index (χ0n) is 9.32. The Kier molecular flexibility index (Phi) is 3.04.